The number of nitrogens with one attached hydrogen (secondary N) is 1. The molecule has 1 fully saturated rings. The van der Waals surface area contributed by atoms with E-state index in [1.807, 2.05) is 41.9 Å². The molecule has 0 bridgehead atoms. The van der Waals surface area contributed by atoms with Gasteiger partial charge in [0, 0.05) is 19.3 Å². The summed E-state index contributed by atoms with van der Waals surface area (Å²) in [4.78, 5) is 14.4. The second-order valence-electron chi connectivity index (χ2n) is 7.45. The normalized spacial score (nSPS) is 14.4. The van der Waals surface area contributed by atoms with Crippen LogP contribution in [0.5, 0.6) is 0 Å². The lowest BCUT2D eigenvalue weighted by Gasteiger charge is -2.20. The third-order valence-electron chi connectivity index (χ3n) is 5.11. The van der Waals surface area contributed by atoms with Crippen molar-refractivity contribution in [3.8, 4) is 5.69 Å². The van der Waals surface area contributed by atoms with Gasteiger partial charge >= 0.3 is 6.18 Å². The SMILES string of the molecule is Cc1nn(-c2ccccc2)c(N2CCCC2)c1C=NNC(=O)Cn1ccc(C(F)(F)F)n1. The largest absolute Gasteiger partial charge is 0.435 e. The van der Waals surface area contributed by atoms with Crippen molar-refractivity contribution in [1.29, 1.82) is 0 Å². The van der Waals surface area contributed by atoms with Crippen LogP contribution in [0.1, 0.15) is 29.8 Å². The number of aromatic nitrogens is 4. The number of nitrogens with zero attached hydrogens (tertiary/aromatic N) is 6. The second kappa shape index (κ2) is 8.85. The average Bonchev–Trinajstić information content (AvgIpc) is 3.49. The minimum atomic E-state index is -4.55. The first-order valence-corrected chi connectivity index (χ1v) is 10.2. The zero-order valence-electron chi connectivity index (χ0n) is 17.4. The molecule has 1 N–H and O–H groups in total. The fourth-order valence-electron chi connectivity index (χ4n) is 3.61. The van der Waals surface area contributed by atoms with Crippen LogP contribution >= 0.6 is 0 Å². The predicted octanol–water partition coefficient (Wildman–Crippen LogP) is 3.15. The van der Waals surface area contributed by atoms with Crippen LogP contribution in [0, 0.1) is 6.92 Å². The number of aryl methyl sites for hydroxylation is 1. The van der Waals surface area contributed by atoms with Crippen molar-refractivity contribution in [2.75, 3.05) is 18.0 Å². The summed E-state index contributed by atoms with van der Waals surface area (Å²) in [5, 5.41) is 12.1. The maximum atomic E-state index is 12.6. The number of alkyl halides is 3. The smallest absolute Gasteiger partial charge is 0.356 e. The number of carbonyl (C=O) groups excluding carboxylic acids is 1. The molecular weight excluding hydrogens is 423 g/mol. The van der Waals surface area contributed by atoms with Gasteiger partial charge in [-0.3, -0.25) is 9.48 Å². The van der Waals surface area contributed by atoms with Gasteiger partial charge in [0.05, 0.1) is 23.2 Å². The van der Waals surface area contributed by atoms with Gasteiger partial charge in [-0.15, -0.1) is 0 Å². The topological polar surface area (TPSA) is 80.3 Å². The van der Waals surface area contributed by atoms with Crippen LogP contribution in [0.4, 0.5) is 19.0 Å². The van der Waals surface area contributed by atoms with Gasteiger partial charge in [0.1, 0.15) is 12.4 Å². The highest BCUT2D eigenvalue weighted by Gasteiger charge is 2.33. The molecule has 0 radical (unpaired) electrons. The number of amides is 1. The van der Waals surface area contributed by atoms with Gasteiger partial charge in [0.15, 0.2) is 5.69 Å². The molecule has 0 spiro atoms. The number of halogens is 3. The van der Waals surface area contributed by atoms with Crippen molar-refractivity contribution < 1.29 is 18.0 Å². The van der Waals surface area contributed by atoms with Crippen molar-refractivity contribution in [2.45, 2.75) is 32.5 Å². The van der Waals surface area contributed by atoms with Crippen molar-refractivity contribution in [3.63, 3.8) is 0 Å². The number of rotatable bonds is 6. The number of hydrogen-bond acceptors (Lipinski definition) is 5. The lowest BCUT2D eigenvalue weighted by atomic mass is 10.2. The van der Waals surface area contributed by atoms with E-state index in [1.165, 1.54) is 6.21 Å². The Balaban J connectivity index is 1.51. The van der Waals surface area contributed by atoms with Crippen molar-refractivity contribution in [1.82, 2.24) is 25.0 Å². The first-order chi connectivity index (χ1) is 15.3. The first-order valence-electron chi connectivity index (χ1n) is 10.2. The van der Waals surface area contributed by atoms with Gasteiger partial charge in [-0.25, -0.2) is 10.1 Å². The molecule has 168 valence electrons. The third kappa shape index (κ3) is 4.66. The van der Waals surface area contributed by atoms with Crippen LogP contribution in [-0.4, -0.2) is 44.8 Å². The van der Waals surface area contributed by atoms with Crippen LogP contribution in [0.15, 0.2) is 47.7 Å². The van der Waals surface area contributed by atoms with Crippen LogP contribution < -0.4 is 10.3 Å². The number of carbonyl (C=O) groups is 1. The summed E-state index contributed by atoms with van der Waals surface area (Å²) in [6, 6.07) is 10.6. The molecule has 1 aromatic carbocycles. The van der Waals surface area contributed by atoms with E-state index in [-0.39, 0.29) is 6.54 Å². The number of para-hydroxylation sites is 1. The Morgan fingerprint density at radius 3 is 2.53 bits per heavy atom. The van der Waals surface area contributed by atoms with Gasteiger partial charge in [-0.1, -0.05) is 18.2 Å². The molecule has 11 heteroatoms. The molecular formula is C21H22F3N7O. The molecule has 0 saturated carbocycles. The Labute approximate surface area is 182 Å². The second-order valence-corrected chi connectivity index (χ2v) is 7.45. The average molecular weight is 445 g/mol. The van der Waals surface area contributed by atoms with Crippen LogP contribution in [-0.2, 0) is 17.5 Å². The minimum absolute atomic E-state index is 0.380. The lowest BCUT2D eigenvalue weighted by molar-refractivity contribution is -0.141. The highest BCUT2D eigenvalue weighted by molar-refractivity contribution is 5.90. The van der Waals surface area contributed by atoms with Crippen molar-refractivity contribution >= 4 is 17.9 Å². The van der Waals surface area contributed by atoms with Gasteiger partial charge in [-0.2, -0.15) is 28.5 Å². The molecule has 32 heavy (non-hydrogen) atoms. The van der Waals surface area contributed by atoms with E-state index in [1.54, 1.807) is 0 Å². The zero-order valence-corrected chi connectivity index (χ0v) is 17.4. The molecule has 3 heterocycles. The van der Waals surface area contributed by atoms with E-state index in [9.17, 15) is 18.0 Å². The third-order valence-corrected chi connectivity index (χ3v) is 5.11. The predicted molar refractivity (Wildman–Crippen MR) is 113 cm³/mol. The summed E-state index contributed by atoms with van der Waals surface area (Å²) in [5.74, 6) is 0.306. The Hall–Kier alpha value is -3.63. The van der Waals surface area contributed by atoms with E-state index >= 15 is 0 Å². The van der Waals surface area contributed by atoms with Gasteiger partial charge < -0.3 is 4.90 Å². The fourth-order valence-corrected chi connectivity index (χ4v) is 3.61. The Morgan fingerprint density at radius 1 is 1.16 bits per heavy atom. The number of anilines is 1. The summed E-state index contributed by atoms with van der Waals surface area (Å²) in [6.07, 6.45) is 0.234. The summed E-state index contributed by atoms with van der Waals surface area (Å²) in [7, 11) is 0. The Morgan fingerprint density at radius 2 is 1.88 bits per heavy atom. The van der Waals surface area contributed by atoms with Crippen LogP contribution in [0.2, 0.25) is 0 Å². The van der Waals surface area contributed by atoms with Crippen molar-refractivity contribution in [2.24, 2.45) is 5.10 Å². The monoisotopic (exact) mass is 445 g/mol. The van der Waals surface area contributed by atoms with E-state index < -0.39 is 17.8 Å². The standard InChI is InChI=1S/C21H22F3N7O/c1-15-17(13-25-26-19(32)14-30-12-9-18(28-30)21(22,23)24)20(29-10-5-6-11-29)31(27-15)16-7-3-2-4-8-16/h2-4,7-9,12-13H,5-6,10-11,14H2,1H3,(H,26,32). The summed E-state index contributed by atoms with van der Waals surface area (Å²) in [6.45, 7) is 3.28. The molecule has 1 saturated heterocycles. The molecule has 1 amide bonds. The molecule has 4 rings (SSSR count). The Bertz CT molecular complexity index is 1110. The maximum absolute atomic E-state index is 12.6. The number of hydrogen-bond donors (Lipinski definition) is 1. The van der Waals surface area contributed by atoms with E-state index in [2.05, 4.69) is 25.6 Å². The van der Waals surface area contributed by atoms with Gasteiger partial charge in [-0.05, 0) is 38.0 Å². The highest BCUT2D eigenvalue weighted by atomic mass is 19.4. The maximum Gasteiger partial charge on any atom is 0.435 e. The minimum Gasteiger partial charge on any atom is -0.356 e. The zero-order chi connectivity index (χ0) is 22.7. The van der Waals surface area contributed by atoms with Gasteiger partial charge in [0.25, 0.3) is 5.91 Å². The summed E-state index contributed by atoms with van der Waals surface area (Å²) >= 11 is 0. The molecule has 3 aromatic rings. The molecule has 1 aliphatic heterocycles. The van der Waals surface area contributed by atoms with Gasteiger partial charge in [0.2, 0.25) is 0 Å². The van der Waals surface area contributed by atoms with E-state index in [4.69, 9.17) is 0 Å². The summed E-state index contributed by atoms with van der Waals surface area (Å²) < 4.78 is 40.7. The molecule has 8 nitrogen and oxygen atoms in total. The highest BCUT2D eigenvalue weighted by Crippen LogP contribution is 2.29. The quantitative estimate of drug-likeness (QED) is 0.467. The molecule has 0 aliphatic carbocycles. The van der Waals surface area contributed by atoms with E-state index in [0.29, 0.717) is 0 Å². The summed E-state index contributed by atoms with van der Waals surface area (Å²) in [5.41, 5.74) is 3.74. The molecule has 0 atom stereocenters. The van der Waals surface area contributed by atoms with Crippen molar-refractivity contribution in [3.05, 3.63) is 59.5 Å². The molecule has 1 aliphatic rings. The number of benzene rings is 1. The molecule has 2 aromatic heterocycles. The number of hydrazone groups is 1. The Kier molecular flexibility index (Phi) is 5.97. The van der Waals surface area contributed by atoms with Crippen LogP contribution in [0.3, 0.4) is 0 Å². The van der Waals surface area contributed by atoms with Crippen LogP contribution in [0.25, 0.3) is 5.69 Å². The van der Waals surface area contributed by atoms with E-state index in [0.717, 1.165) is 65.6 Å². The molecule has 0 unspecified atom stereocenters. The lowest BCUT2D eigenvalue weighted by Crippen LogP contribution is -2.24. The first kappa shape index (κ1) is 21.6. The fraction of sp³-hybridized carbons (Fsp3) is 0.333.